The molecule has 0 bridgehead atoms. The summed E-state index contributed by atoms with van der Waals surface area (Å²) >= 11 is 0. The van der Waals surface area contributed by atoms with Crippen molar-refractivity contribution in [1.82, 2.24) is 0 Å². The number of aliphatic hydroxyl groups is 1. The molecule has 0 aliphatic heterocycles. The highest BCUT2D eigenvalue weighted by molar-refractivity contribution is 6.00. The molecule has 0 saturated heterocycles. The molecule has 0 aromatic heterocycles. The van der Waals surface area contributed by atoms with Gasteiger partial charge in [-0.05, 0) is 48.9 Å². The average Bonchev–Trinajstić information content (AvgIpc) is 3.02. The first kappa shape index (κ1) is 28.2. The van der Waals surface area contributed by atoms with Gasteiger partial charge in [-0.3, -0.25) is 19.2 Å². The monoisotopic (exact) mass is 514 g/mol. The molecule has 0 spiro atoms. The molecule has 0 aromatic carbocycles. The van der Waals surface area contributed by atoms with E-state index in [0.717, 1.165) is 24.0 Å². The third-order valence-electron chi connectivity index (χ3n) is 11.7. The van der Waals surface area contributed by atoms with Gasteiger partial charge in [0.15, 0.2) is 5.78 Å². The molecule has 0 amide bonds. The van der Waals surface area contributed by atoms with Crippen LogP contribution in [0.5, 0.6) is 0 Å². The van der Waals surface area contributed by atoms with Gasteiger partial charge in [0.1, 0.15) is 11.6 Å². The molecule has 6 nitrogen and oxygen atoms in total. The number of esters is 1. The van der Waals surface area contributed by atoms with Gasteiger partial charge in [0.2, 0.25) is 0 Å². The minimum absolute atomic E-state index is 0.0118. The fourth-order valence-electron chi connectivity index (χ4n) is 9.46. The van der Waals surface area contributed by atoms with Gasteiger partial charge in [0, 0.05) is 47.5 Å². The van der Waals surface area contributed by atoms with Crippen LogP contribution in [0.4, 0.5) is 0 Å². The van der Waals surface area contributed by atoms with E-state index in [4.69, 9.17) is 4.74 Å². The number of ether oxygens (including phenoxy) is 1. The highest BCUT2D eigenvalue weighted by Crippen LogP contribution is 2.71. The van der Waals surface area contributed by atoms with Crippen molar-refractivity contribution in [2.75, 3.05) is 7.11 Å². The van der Waals surface area contributed by atoms with Gasteiger partial charge in [-0.2, -0.15) is 0 Å². The maximum absolute atomic E-state index is 14.1. The molecule has 4 aliphatic rings. The van der Waals surface area contributed by atoms with Gasteiger partial charge < -0.3 is 9.84 Å². The highest BCUT2D eigenvalue weighted by Gasteiger charge is 2.68. The topological polar surface area (TPSA) is 97.7 Å². The molecule has 6 heteroatoms. The zero-order chi connectivity index (χ0) is 27.7. The Kier molecular flexibility index (Phi) is 6.96. The summed E-state index contributed by atoms with van der Waals surface area (Å²) in [5.74, 6) is -0.272. The van der Waals surface area contributed by atoms with Crippen LogP contribution in [0.25, 0.3) is 0 Å². The van der Waals surface area contributed by atoms with E-state index >= 15 is 0 Å². The van der Waals surface area contributed by atoms with Crippen LogP contribution in [-0.2, 0) is 23.9 Å². The predicted molar refractivity (Wildman–Crippen MR) is 140 cm³/mol. The minimum Gasteiger partial charge on any atom is -0.469 e. The molecule has 8 atom stereocenters. The van der Waals surface area contributed by atoms with Gasteiger partial charge in [-0.1, -0.05) is 54.0 Å². The van der Waals surface area contributed by atoms with Crippen molar-refractivity contribution in [3.8, 4) is 0 Å². The lowest BCUT2D eigenvalue weighted by Gasteiger charge is -2.60. The number of hydrogen-bond donors (Lipinski definition) is 1. The zero-order valence-corrected chi connectivity index (χ0v) is 24.0. The molecule has 4 aliphatic carbocycles. The molecule has 206 valence electrons. The smallest absolute Gasteiger partial charge is 0.308 e. The Bertz CT molecular complexity index is 1050. The molecule has 2 saturated carbocycles. The number of Topliss-reactive ketones (excluding diaryl/α,β-unsaturated/α-hetero) is 3. The maximum atomic E-state index is 14.1. The molecule has 0 aromatic rings. The standard InChI is InChI=1S/C31H46O6/c1-17(13-19(32)14-18(2)27(36)37-8)21-15-25(35)31(7)20-9-10-23-28(3,4)24(34)11-12-29(23,5)26(20)22(33)16-30(21,31)6/h17-18,21,23,25,35H,9-16H2,1-8H3. The van der Waals surface area contributed by atoms with E-state index in [0.29, 0.717) is 37.9 Å². The van der Waals surface area contributed by atoms with Crippen molar-refractivity contribution >= 4 is 23.3 Å². The molecule has 0 heterocycles. The third kappa shape index (κ3) is 3.91. The van der Waals surface area contributed by atoms with Crippen molar-refractivity contribution in [1.29, 1.82) is 0 Å². The fraction of sp³-hybridized carbons (Fsp3) is 0.806. The van der Waals surface area contributed by atoms with Crippen LogP contribution < -0.4 is 0 Å². The number of aliphatic hydroxyl groups excluding tert-OH is 1. The number of fused-ring (bicyclic) bond motifs is 4. The predicted octanol–water partition coefficient (Wildman–Crippen LogP) is 5.25. The summed E-state index contributed by atoms with van der Waals surface area (Å²) in [6.07, 6.45) is 3.56. The highest BCUT2D eigenvalue weighted by atomic mass is 16.5. The quantitative estimate of drug-likeness (QED) is 0.486. The largest absolute Gasteiger partial charge is 0.469 e. The number of rotatable bonds is 6. The SMILES string of the molecule is COC(=O)C(C)CC(=O)CC(C)C1CC(O)C2(C)C3=C(C(=O)CC12C)C1(C)CCC(=O)C(C)(C)C1CC3. The zero-order valence-electron chi connectivity index (χ0n) is 24.0. The van der Waals surface area contributed by atoms with E-state index in [1.165, 1.54) is 7.11 Å². The number of hydrogen-bond acceptors (Lipinski definition) is 6. The Morgan fingerprint density at radius 2 is 1.70 bits per heavy atom. The average molecular weight is 515 g/mol. The Balaban J connectivity index is 1.67. The van der Waals surface area contributed by atoms with Crippen LogP contribution in [0.3, 0.4) is 0 Å². The summed E-state index contributed by atoms with van der Waals surface area (Å²) in [7, 11) is 1.33. The Morgan fingerprint density at radius 3 is 2.32 bits per heavy atom. The molecular weight excluding hydrogens is 468 g/mol. The number of methoxy groups -OCH3 is 1. The fourth-order valence-corrected chi connectivity index (χ4v) is 9.46. The normalized spacial score (nSPS) is 40.4. The molecular formula is C31H46O6. The summed E-state index contributed by atoms with van der Waals surface area (Å²) in [4.78, 5) is 51.6. The Labute approximate surface area is 222 Å². The first-order valence-electron chi connectivity index (χ1n) is 14.1. The van der Waals surface area contributed by atoms with Gasteiger partial charge in [0.05, 0.1) is 19.1 Å². The maximum Gasteiger partial charge on any atom is 0.308 e. The van der Waals surface area contributed by atoms with Gasteiger partial charge in [-0.15, -0.1) is 0 Å². The second kappa shape index (κ2) is 9.14. The van der Waals surface area contributed by atoms with Crippen LogP contribution >= 0.6 is 0 Å². The summed E-state index contributed by atoms with van der Waals surface area (Å²) in [6, 6.07) is 0. The number of carbonyl (C=O) groups is 4. The van der Waals surface area contributed by atoms with Crippen molar-refractivity contribution in [3.05, 3.63) is 11.1 Å². The lowest BCUT2D eigenvalue weighted by Crippen LogP contribution is -2.57. The molecule has 8 unspecified atom stereocenters. The lowest BCUT2D eigenvalue weighted by atomic mass is 9.43. The molecule has 0 radical (unpaired) electrons. The van der Waals surface area contributed by atoms with E-state index in [-0.39, 0.29) is 47.1 Å². The van der Waals surface area contributed by atoms with E-state index in [9.17, 15) is 24.3 Å². The van der Waals surface area contributed by atoms with E-state index in [2.05, 4.69) is 27.7 Å². The van der Waals surface area contributed by atoms with E-state index < -0.39 is 28.3 Å². The van der Waals surface area contributed by atoms with Crippen molar-refractivity contribution < 1.29 is 29.0 Å². The Hall–Kier alpha value is -1.82. The van der Waals surface area contributed by atoms with Gasteiger partial charge in [-0.25, -0.2) is 0 Å². The van der Waals surface area contributed by atoms with Gasteiger partial charge >= 0.3 is 5.97 Å². The van der Waals surface area contributed by atoms with E-state index in [1.54, 1.807) is 6.92 Å². The van der Waals surface area contributed by atoms with Crippen LogP contribution in [-0.4, -0.2) is 41.6 Å². The first-order chi connectivity index (χ1) is 17.1. The summed E-state index contributed by atoms with van der Waals surface area (Å²) in [5, 5.41) is 11.7. The van der Waals surface area contributed by atoms with Crippen molar-refractivity contribution in [3.63, 3.8) is 0 Å². The molecule has 1 N–H and O–H groups in total. The first-order valence-corrected chi connectivity index (χ1v) is 14.1. The van der Waals surface area contributed by atoms with Gasteiger partial charge in [0.25, 0.3) is 0 Å². The number of carbonyl (C=O) groups excluding carboxylic acids is 4. The molecule has 37 heavy (non-hydrogen) atoms. The van der Waals surface area contributed by atoms with Crippen LogP contribution in [0, 0.1) is 45.3 Å². The van der Waals surface area contributed by atoms with E-state index in [1.807, 2.05) is 13.8 Å². The second-order valence-electron chi connectivity index (χ2n) is 13.9. The summed E-state index contributed by atoms with van der Waals surface area (Å²) in [6.45, 7) is 14.3. The molecule has 4 rings (SSSR count). The van der Waals surface area contributed by atoms with Crippen molar-refractivity contribution in [2.24, 2.45) is 45.3 Å². The number of ketones is 3. The summed E-state index contributed by atoms with van der Waals surface area (Å²) < 4.78 is 4.77. The van der Waals surface area contributed by atoms with Crippen LogP contribution in [0.15, 0.2) is 11.1 Å². The minimum atomic E-state index is -0.592. The second-order valence-corrected chi connectivity index (χ2v) is 13.9. The van der Waals surface area contributed by atoms with Crippen LogP contribution in [0.1, 0.15) is 99.8 Å². The number of allylic oxidation sites excluding steroid dienone is 1. The summed E-state index contributed by atoms with van der Waals surface area (Å²) in [5.41, 5.74) is 0.203. The molecule has 2 fully saturated rings. The van der Waals surface area contributed by atoms with Crippen LogP contribution in [0.2, 0.25) is 0 Å². The Morgan fingerprint density at radius 1 is 1.05 bits per heavy atom. The third-order valence-corrected chi connectivity index (χ3v) is 11.7. The lowest BCUT2D eigenvalue weighted by molar-refractivity contribution is -0.146. The van der Waals surface area contributed by atoms with Crippen molar-refractivity contribution in [2.45, 2.75) is 106 Å².